The maximum atomic E-state index is 12.2. The van der Waals surface area contributed by atoms with Crippen LogP contribution < -0.4 is 15.6 Å². The standard InChI is InChI=1S/C19H19N3O3/c1-3-25-16-8-9-17(20-12(16)2)22-18(23)11-14-10-13-6-4-5-7-15(13)19(24)21-14/h4-10H,3,11H2,1-2H3,(H,21,24)(H,20,22,23). The van der Waals surface area contributed by atoms with E-state index in [0.717, 1.165) is 5.39 Å². The summed E-state index contributed by atoms with van der Waals surface area (Å²) >= 11 is 0. The average molecular weight is 337 g/mol. The zero-order valence-electron chi connectivity index (χ0n) is 14.1. The summed E-state index contributed by atoms with van der Waals surface area (Å²) in [6.45, 7) is 4.28. The number of ether oxygens (including phenoxy) is 1. The summed E-state index contributed by atoms with van der Waals surface area (Å²) in [6, 6.07) is 12.6. The third kappa shape index (κ3) is 3.85. The molecule has 2 aromatic heterocycles. The molecule has 6 heteroatoms. The number of aromatic nitrogens is 2. The van der Waals surface area contributed by atoms with E-state index in [1.54, 1.807) is 18.2 Å². The zero-order chi connectivity index (χ0) is 17.8. The normalized spacial score (nSPS) is 10.6. The van der Waals surface area contributed by atoms with Crippen molar-refractivity contribution in [3.8, 4) is 5.75 Å². The lowest BCUT2D eigenvalue weighted by Crippen LogP contribution is -2.18. The molecule has 25 heavy (non-hydrogen) atoms. The molecule has 1 aromatic carbocycles. The predicted molar refractivity (Wildman–Crippen MR) is 97.0 cm³/mol. The molecule has 0 aliphatic rings. The number of carbonyl (C=O) groups excluding carboxylic acids is 1. The van der Waals surface area contributed by atoms with Gasteiger partial charge in [0.15, 0.2) is 0 Å². The van der Waals surface area contributed by atoms with E-state index in [1.807, 2.05) is 38.1 Å². The van der Waals surface area contributed by atoms with Gasteiger partial charge in [0, 0.05) is 11.1 Å². The molecule has 0 fully saturated rings. The minimum atomic E-state index is -0.248. The van der Waals surface area contributed by atoms with Gasteiger partial charge in [-0.25, -0.2) is 4.98 Å². The van der Waals surface area contributed by atoms with E-state index in [9.17, 15) is 9.59 Å². The molecule has 0 saturated carbocycles. The molecule has 0 spiro atoms. The molecule has 0 aliphatic carbocycles. The Bertz CT molecular complexity index is 979. The molecule has 0 aliphatic heterocycles. The lowest BCUT2D eigenvalue weighted by atomic mass is 10.1. The second-order valence-electron chi connectivity index (χ2n) is 5.65. The highest BCUT2D eigenvalue weighted by Crippen LogP contribution is 2.18. The van der Waals surface area contributed by atoms with Crippen LogP contribution in [0.4, 0.5) is 5.82 Å². The van der Waals surface area contributed by atoms with E-state index in [4.69, 9.17) is 4.74 Å². The van der Waals surface area contributed by atoms with Crippen LogP contribution in [-0.2, 0) is 11.2 Å². The Balaban J connectivity index is 1.74. The van der Waals surface area contributed by atoms with Gasteiger partial charge in [-0.2, -0.15) is 0 Å². The minimum absolute atomic E-state index is 0.0635. The topological polar surface area (TPSA) is 84.1 Å². The number of carbonyl (C=O) groups is 1. The number of pyridine rings is 2. The van der Waals surface area contributed by atoms with Crippen LogP contribution in [0.2, 0.25) is 0 Å². The molecule has 1 amide bonds. The minimum Gasteiger partial charge on any atom is -0.492 e. The highest BCUT2D eigenvalue weighted by atomic mass is 16.5. The van der Waals surface area contributed by atoms with Crippen LogP contribution in [0.5, 0.6) is 5.75 Å². The molecule has 2 N–H and O–H groups in total. The highest BCUT2D eigenvalue weighted by Gasteiger charge is 2.09. The second kappa shape index (κ2) is 7.17. The Morgan fingerprint density at radius 2 is 2.04 bits per heavy atom. The van der Waals surface area contributed by atoms with Crippen molar-refractivity contribution in [2.45, 2.75) is 20.3 Å². The first-order chi connectivity index (χ1) is 12.1. The van der Waals surface area contributed by atoms with Gasteiger partial charge in [0.25, 0.3) is 5.56 Å². The summed E-state index contributed by atoms with van der Waals surface area (Å²) in [4.78, 5) is 31.4. The van der Waals surface area contributed by atoms with Gasteiger partial charge in [0.1, 0.15) is 11.6 Å². The number of anilines is 1. The Hall–Kier alpha value is -3.15. The fourth-order valence-corrected chi connectivity index (χ4v) is 2.65. The molecule has 3 rings (SSSR count). The Morgan fingerprint density at radius 1 is 1.24 bits per heavy atom. The van der Waals surface area contributed by atoms with Gasteiger partial charge in [0.2, 0.25) is 5.91 Å². The van der Waals surface area contributed by atoms with Crippen LogP contribution in [0.3, 0.4) is 0 Å². The van der Waals surface area contributed by atoms with Crippen molar-refractivity contribution >= 4 is 22.5 Å². The molecule has 3 aromatic rings. The second-order valence-corrected chi connectivity index (χ2v) is 5.65. The van der Waals surface area contributed by atoms with Gasteiger partial charge in [0.05, 0.1) is 18.7 Å². The van der Waals surface area contributed by atoms with Crippen molar-refractivity contribution in [2.24, 2.45) is 0 Å². The van der Waals surface area contributed by atoms with Crippen LogP contribution in [0.15, 0.2) is 47.3 Å². The van der Waals surface area contributed by atoms with Crippen molar-refractivity contribution in [3.05, 3.63) is 64.2 Å². The van der Waals surface area contributed by atoms with Gasteiger partial charge in [-0.05, 0) is 43.5 Å². The molecular formula is C19H19N3O3. The van der Waals surface area contributed by atoms with Gasteiger partial charge in [-0.15, -0.1) is 0 Å². The molecule has 128 valence electrons. The number of fused-ring (bicyclic) bond motifs is 1. The summed E-state index contributed by atoms with van der Waals surface area (Å²) < 4.78 is 5.43. The zero-order valence-corrected chi connectivity index (χ0v) is 14.1. The third-order valence-electron chi connectivity index (χ3n) is 3.76. The monoisotopic (exact) mass is 337 g/mol. The molecule has 0 radical (unpaired) electrons. The quantitative estimate of drug-likeness (QED) is 0.750. The maximum absolute atomic E-state index is 12.2. The van der Waals surface area contributed by atoms with E-state index in [0.29, 0.717) is 34.9 Å². The Labute approximate surface area is 144 Å². The average Bonchev–Trinajstić information content (AvgIpc) is 2.57. The number of H-pyrrole nitrogens is 1. The van der Waals surface area contributed by atoms with E-state index >= 15 is 0 Å². The van der Waals surface area contributed by atoms with Crippen LogP contribution in [-0.4, -0.2) is 22.5 Å². The summed E-state index contributed by atoms with van der Waals surface area (Å²) in [6.07, 6.45) is 0.0635. The fraction of sp³-hybridized carbons (Fsp3) is 0.211. The molecule has 0 saturated heterocycles. The van der Waals surface area contributed by atoms with Crippen molar-refractivity contribution in [2.75, 3.05) is 11.9 Å². The Morgan fingerprint density at radius 3 is 2.80 bits per heavy atom. The van der Waals surface area contributed by atoms with Crippen LogP contribution >= 0.6 is 0 Å². The molecule has 0 unspecified atom stereocenters. The summed E-state index contributed by atoms with van der Waals surface area (Å²) in [7, 11) is 0. The van der Waals surface area contributed by atoms with Crippen LogP contribution in [0, 0.1) is 6.92 Å². The summed E-state index contributed by atoms with van der Waals surface area (Å²) in [5.41, 5.74) is 1.07. The number of amides is 1. The van der Waals surface area contributed by atoms with Gasteiger partial charge < -0.3 is 15.0 Å². The van der Waals surface area contributed by atoms with Crippen molar-refractivity contribution in [1.82, 2.24) is 9.97 Å². The molecule has 6 nitrogen and oxygen atoms in total. The van der Waals surface area contributed by atoms with Crippen molar-refractivity contribution in [1.29, 1.82) is 0 Å². The first-order valence-corrected chi connectivity index (χ1v) is 8.08. The number of benzene rings is 1. The number of nitrogens with one attached hydrogen (secondary N) is 2. The number of aryl methyl sites for hydroxylation is 1. The number of nitrogens with zero attached hydrogens (tertiary/aromatic N) is 1. The lowest BCUT2D eigenvalue weighted by Gasteiger charge is -2.09. The van der Waals surface area contributed by atoms with Crippen LogP contribution in [0.1, 0.15) is 18.3 Å². The number of rotatable bonds is 5. The first-order valence-electron chi connectivity index (χ1n) is 8.08. The maximum Gasteiger partial charge on any atom is 0.256 e. The SMILES string of the molecule is CCOc1ccc(NC(=O)Cc2cc3ccccc3c(=O)[nH]2)nc1C. The Kier molecular flexibility index (Phi) is 4.79. The van der Waals surface area contributed by atoms with E-state index in [1.165, 1.54) is 0 Å². The summed E-state index contributed by atoms with van der Waals surface area (Å²) in [5.74, 6) is 0.899. The molecule has 0 atom stereocenters. The van der Waals surface area contributed by atoms with E-state index in [-0.39, 0.29) is 17.9 Å². The molecule has 0 bridgehead atoms. The highest BCUT2D eigenvalue weighted by molar-refractivity contribution is 5.92. The lowest BCUT2D eigenvalue weighted by molar-refractivity contribution is -0.115. The predicted octanol–water partition coefficient (Wildman–Crippen LogP) is 2.81. The smallest absolute Gasteiger partial charge is 0.256 e. The number of aromatic amines is 1. The third-order valence-corrected chi connectivity index (χ3v) is 3.76. The van der Waals surface area contributed by atoms with Crippen molar-refractivity contribution in [3.63, 3.8) is 0 Å². The van der Waals surface area contributed by atoms with Crippen LogP contribution in [0.25, 0.3) is 10.8 Å². The molecule has 2 heterocycles. The fourth-order valence-electron chi connectivity index (χ4n) is 2.65. The number of hydrogen-bond donors (Lipinski definition) is 2. The van der Waals surface area contributed by atoms with Crippen molar-refractivity contribution < 1.29 is 9.53 Å². The number of hydrogen-bond acceptors (Lipinski definition) is 4. The van der Waals surface area contributed by atoms with E-state index < -0.39 is 0 Å². The first kappa shape index (κ1) is 16.7. The van der Waals surface area contributed by atoms with Gasteiger partial charge in [-0.3, -0.25) is 9.59 Å². The van der Waals surface area contributed by atoms with E-state index in [2.05, 4.69) is 15.3 Å². The van der Waals surface area contributed by atoms with Gasteiger partial charge in [-0.1, -0.05) is 18.2 Å². The summed E-state index contributed by atoms with van der Waals surface area (Å²) in [5, 5.41) is 4.16. The molecular weight excluding hydrogens is 318 g/mol. The van der Waals surface area contributed by atoms with Gasteiger partial charge >= 0.3 is 0 Å². The largest absolute Gasteiger partial charge is 0.492 e.